The summed E-state index contributed by atoms with van der Waals surface area (Å²) in [7, 11) is 0. The van der Waals surface area contributed by atoms with Gasteiger partial charge in [0.15, 0.2) is 0 Å². The van der Waals surface area contributed by atoms with Gasteiger partial charge in [0.25, 0.3) is 5.91 Å². The number of hydrogen-bond acceptors (Lipinski definition) is 3. The minimum absolute atomic E-state index is 0. The summed E-state index contributed by atoms with van der Waals surface area (Å²) in [5, 5.41) is 2.26. The summed E-state index contributed by atoms with van der Waals surface area (Å²) in [6, 6.07) is 7.13. The van der Waals surface area contributed by atoms with Crippen LogP contribution in [0, 0.1) is 0 Å². The number of rotatable bonds is 0. The van der Waals surface area contributed by atoms with E-state index in [-0.39, 0.29) is 46.8 Å². The van der Waals surface area contributed by atoms with E-state index in [4.69, 9.17) is 0 Å². The molecular weight excluding hydrogens is 193 g/mol. The molecule has 0 saturated carbocycles. The van der Waals surface area contributed by atoms with Gasteiger partial charge >= 0.3 is 29.6 Å². The first-order valence-electron chi connectivity index (χ1n) is 3.69. The van der Waals surface area contributed by atoms with E-state index in [1.165, 1.54) is 0 Å². The molecule has 14 heavy (non-hydrogen) atoms. The summed E-state index contributed by atoms with van der Waals surface area (Å²) in [6.07, 6.45) is 0.307. The number of nitrogens with one attached hydrogen (secondary N) is 1. The predicted octanol–water partition coefficient (Wildman–Crippen LogP) is -2.67. The number of carbonyl (C=O) groups excluding carboxylic acids is 2. The molecule has 0 spiro atoms. The molecule has 0 atom stereocenters. The Kier molecular flexibility index (Phi) is 5.01. The minimum Gasteiger partial charge on any atom is -0.870 e. The number of imide groups is 1. The van der Waals surface area contributed by atoms with Crippen molar-refractivity contribution in [2.24, 2.45) is 0 Å². The second kappa shape index (κ2) is 5.26. The average molecular weight is 201 g/mol. The number of carbonyl (C=O) groups is 2. The number of benzene rings is 1. The maximum Gasteiger partial charge on any atom is 1.00 e. The Hall–Kier alpha value is -0.680. The van der Waals surface area contributed by atoms with Crippen LogP contribution in [0.25, 0.3) is 0 Å². The molecule has 1 aliphatic rings. The molecule has 4 nitrogen and oxygen atoms in total. The smallest absolute Gasteiger partial charge is 0.870 e. The summed E-state index contributed by atoms with van der Waals surface area (Å²) in [5.41, 5.74) is 1.42. The fraction of sp³-hybridized carbons (Fsp3) is 0.111. The van der Waals surface area contributed by atoms with Crippen molar-refractivity contribution in [3.63, 3.8) is 0 Å². The van der Waals surface area contributed by atoms with Gasteiger partial charge in [0.05, 0.1) is 6.42 Å². The van der Waals surface area contributed by atoms with Gasteiger partial charge in [-0.2, -0.15) is 0 Å². The summed E-state index contributed by atoms with van der Waals surface area (Å²) < 4.78 is 0. The van der Waals surface area contributed by atoms with Crippen molar-refractivity contribution in [1.29, 1.82) is 0 Å². The van der Waals surface area contributed by atoms with Gasteiger partial charge in [-0.25, -0.2) is 0 Å². The molecule has 0 fully saturated rings. The molecule has 0 saturated heterocycles. The Balaban J connectivity index is 0.000000845. The van der Waals surface area contributed by atoms with Gasteiger partial charge in [0, 0.05) is 5.56 Å². The van der Waals surface area contributed by atoms with E-state index in [1.807, 2.05) is 6.07 Å². The first-order chi connectivity index (χ1) is 5.77. The zero-order chi connectivity index (χ0) is 8.55. The second-order valence-electron chi connectivity index (χ2n) is 2.71. The molecule has 0 aromatic heterocycles. The van der Waals surface area contributed by atoms with Crippen LogP contribution in [-0.2, 0) is 11.2 Å². The third-order valence-electron chi connectivity index (χ3n) is 1.87. The van der Waals surface area contributed by atoms with Crippen molar-refractivity contribution in [3.05, 3.63) is 35.4 Å². The van der Waals surface area contributed by atoms with Crippen molar-refractivity contribution in [1.82, 2.24) is 5.32 Å². The third-order valence-corrected chi connectivity index (χ3v) is 1.87. The fourth-order valence-electron chi connectivity index (χ4n) is 1.31. The van der Waals surface area contributed by atoms with Crippen molar-refractivity contribution in [2.45, 2.75) is 6.42 Å². The molecule has 0 unspecified atom stereocenters. The van der Waals surface area contributed by atoms with E-state index >= 15 is 0 Å². The molecular formula is C9H8NNaO3. The zero-order valence-electron chi connectivity index (χ0n) is 7.78. The van der Waals surface area contributed by atoms with E-state index in [0.717, 1.165) is 5.56 Å². The normalized spacial score (nSPS) is 13.1. The van der Waals surface area contributed by atoms with Gasteiger partial charge in [-0.15, -0.1) is 0 Å². The minimum atomic E-state index is -0.290. The molecule has 1 aliphatic heterocycles. The SMILES string of the molecule is O=C1Cc2ccccc2C(=O)N1.[Na+].[OH-]. The molecule has 0 bridgehead atoms. The Morgan fingerprint density at radius 1 is 1.14 bits per heavy atom. The Morgan fingerprint density at radius 3 is 2.50 bits per heavy atom. The van der Waals surface area contributed by atoms with Crippen LogP contribution in [0.2, 0.25) is 0 Å². The Bertz CT molecular complexity index is 365. The van der Waals surface area contributed by atoms with E-state index in [9.17, 15) is 9.59 Å². The molecule has 2 amide bonds. The van der Waals surface area contributed by atoms with Crippen molar-refractivity contribution in [3.8, 4) is 0 Å². The Morgan fingerprint density at radius 2 is 1.79 bits per heavy atom. The van der Waals surface area contributed by atoms with Crippen LogP contribution in [0.4, 0.5) is 0 Å². The maximum absolute atomic E-state index is 11.2. The number of hydrogen-bond donors (Lipinski definition) is 1. The summed E-state index contributed by atoms with van der Waals surface area (Å²) in [4.78, 5) is 22.1. The molecule has 1 aromatic carbocycles. The molecule has 5 heteroatoms. The topological polar surface area (TPSA) is 76.2 Å². The fourth-order valence-corrected chi connectivity index (χ4v) is 1.31. The van der Waals surface area contributed by atoms with Crippen LogP contribution in [0.1, 0.15) is 15.9 Å². The average Bonchev–Trinajstić information content (AvgIpc) is 2.04. The largest absolute Gasteiger partial charge is 1.00 e. The van der Waals surface area contributed by atoms with Gasteiger partial charge < -0.3 is 5.48 Å². The van der Waals surface area contributed by atoms with Crippen LogP contribution in [0.15, 0.2) is 24.3 Å². The van der Waals surface area contributed by atoms with Crippen molar-refractivity contribution < 1.29 is 44.6 Å². The van der Waals surface area contributed by atoms with Crippen LogP contribution >= 0.6 is 0 Å². The van der Waals surface area contributed by atoms with E-state index in [1.54, 1.807) is 18.2 Å². The van der Waals surface area contributed by atoms with Gasteiger partial charge in [-0.05, 0) is 11.6 Å². The summed E-state index contributed by atoms with van der Waals surface area (Å²) in [6.45, 7) is 0. The predicted molar refractivity (Wildman–Crippen MR) is 44.6 cm³/mol. The molecule has 2 rings (SSSR count). The molecule has 68 valence electrons. The quantitative estimate of drug-likeness (QED) is 0.367. The van der Waals surface area contributed by atoms with Crippen LogP contribution in [0.3, 0.4) is 0 Å². The van der Waals surface area contributed by atoms with E-state index in [2.05, 4.69) is 5.32 Å². The van der Waals surface area contributed by atoms with Gasteiger partial charge in [-0.3, -0.25) is 14.9 Å². The summed E-state index contributed by atoms with van der Waals surface area (Å²) >= 11 is 0. The van der Waals surface area contributed by atoms with Gasteiger partial charge in [-0.1, -0.05) is 18.2 Å². The molecule has 2 N–H and O–H groups in total. The van der Waals surface area contributed by atoms with Crippen LogP contribution < -0.4 is 34.9 Å². The van der Waals surface area contributed by atoms with Crippen molar-refractivity contribution in [2.75, 3.05) is 0 Å². The monoisotopic (exact) mass is 201 g/mol. The Labute approximate surface area is 103 Å². The summed E-state index contributed by atoms with van der Waals surface area (Å²) in [5.74, 6) is -0.513. The maximum atomic E-state index is 11.2. The standard InChI is InChI=1S/C9H7NO2.Na.H2O/c11-8-5-6-3-1-2-4-7(6)9(12)10-8;;/h1-4H,5H2,(H,10,11,12);;1H2/q;+1;/p-1. The van der Waals surface area contributed by atoms with Gasteiger partial charge in [0.1, 0.15) is 0 Å². The number of fused-ring (bicyclic) bond motifs is 1. The van der Waals surface area contributed by atoms with E-state index < -0.39 is 0 Å². The van der Waals surface area contributed by atoms with E-state index in [0.29, 0.717) is 12.0 Å². The number of amides is 2. The zero-order valence-corrected chi connectivity index (χ0v) is 9.78. The first kappa shape index (κ1) is 13.3. The van der Waals surface area contributed by atoms with Crippen LogP contribution in [-0.4, -0.2) is 17.3 Å². The van der Waals surface area contributed by atoms with Gasteiger partial charge in [0.2, 0.25) is 5.91 Å². The van der Waals surface area contributed by atoms with Crippen LogP contribution in [0.5, 0.6) is 0 Å². The molecule has 0 radical (unpaired) electrons. The second-order valence-corrected chi connectivity index (χ2v) is 2.71. The molecule has 0 aliphatic carbocycles. The third kappa shape index (κ3) is 2.42. The van der Waals surface area contributed by atoms with Crippen molar-refractivity contribution >= 4 is 11.8 Å². The molecule has 1 heterocycles. The first-order valence-corrected chi connectivity index (χ1v) is 3.69. The molecule has 1 aromatic rings.